The Morgan fingerprint density at radius 2 is 2.00 bits per heavy atom. The molecule has 0 aromatic heterocycles. The van der Waals surface area contributed by atoms with Gasteiger partial charge >= 0.3 is 0 Å². The molecule has 0 fully saturated rings. The van der Waals surface area contributed by atoms with Crippen LogP contribution in [-0.2, 0) is 0 Å². The van der Waals surface area contributed by atoms with Crippen LogP contribution in [0.15, 0.2) is 24.3 Å². The van der Waals surface area contributed by atoms with Crippen molar-refractivity contribution >= 4 is 21.8 Å². The fraction of sp³-hybridized carbons (Fsp3) is 0.500. The molecule has 0 aliphatic rings. The SMILES string of the molecule is CCCCN(CCBr)C(=O)c1ccccc1C. The number of hydrogen-bond donors (Lipinski definition) is 0. The third-order valence-corrected chi connectivity index (χ3v) is 3.15. The van der Waals surface area contributed by atoms with Gasteiger partial charge in [-0.05, 0) is 25.0 Å². The van der Waals surface area contributed by atoms with Gasteiger partial charge in [0.05, 0.1) is 0 Å². The quantitative estimate of drug-likeness (QED) is 0.734. The summed E-state index contributed by atoms with van der Waals surface area (Å²) in [6.45, 7) is 5.74. The molecule has 0 N–H and O–H groups in total. The summed E-state index contributed by atoms with van der Waals surface area (Å²) in [5.74, 6) is 0.149. The largest absolute Gasteiger partial charge is 0.338 e. The standard InChI is InChI=1S/C14H20BrNO/c1-3-4-10-16(11-9-15)14(17)13-8-6-5-7-12(13)2/h5-8H,3-4,9-11H2,1-2H3. The zero-order valence-electron chi connectivity index (χ0n) is 10.6. The van der Waals surface area contributed by atoms with Gasteiger partial charge in [-0.2, -0.15) is 0 Å². The molecule has 0 heterocycles. The minimum Gasteiger partial charge on any atom is -0.338 e. The first-order chi connectivity index (χ1) is 8.20. The Labute approximate surface area is 112 Å². The van der Waals surface area contributed by atoms with Crippen LogP contribution in [0.4, 0.5) is 0 Å². The van der Waals surface area contributed by atoms with Crippen molar-refractivity contribution < 1.29 is 4.79 Å². The fourth-order valence-electron chi connectivity index (χ4n) is 1.75. The molecule has 0 aliphatic carbocycles. The smallest absolute Gasteiger partial charge is 0.254 e. The van der Waals surface area contributed by atoms with Gasteiger partial charge < -0.3 is 4.90 Å². The Hall–Kier alpha value is -0.830. The molecular weight excluding hydrogens is 278 g/mol. The van der Waals surface area contributed by atoms with E-state index in [2.05, 4.69) is 22.9 Å². The van der Waals surface area contributed by atoms with E-state index >= 15 is 0 Å². The van der Waals surface area contributed by atoms with Crippen LogP contribution in [0.5, 0.6) is 0 Å². The summed E-state index contributed by atoms with van der Waals surface area (Å²) >= 11 is 3.41. The Balaban J connectivity index is 2.80. The van der Waals surface area contributed by atoms with E-state index in [4.69, 9.17) is 0 Å². The maximum atomic E-state index is 12.4. The van der Waals surface area contributed by atoms with Crippen LogP contribution in [0.2, 0.25) is 0 Å². The summed E-state index contributed by atoms with van der Waals surface area (Å²) in [6, 6.07) is 7.78. The summed E-state index contributed by atoms with van der Waals surface area (Å²) in [7, 11) is 0. The zero-order valence-corrected chi connectivity index (χ0v) is 12.2. The molecule has 0 aliphatic heterocycles. The molecule has 0 atom stereocenters. The third kappa shape index (κ3) is 4.15. The monoisotopic (exact) mass is 297 g/mol. The molecular formula is C14H20BrNO. The molecule has 3 heteroatoms. The Morgan fingerprint density at radius 3 is 2.59 bits per heavy atom. The number of hydrogen-bond acceptors (Lipinski definition) is 1. The highest BCUT2D eigenvalue weighted by atomic mass is 79.9. The molecule has 0 saturated carbocycles. The van der Waals surface area contributed by atoms with Crippen molar-refractivity contribution in [2.75, 3.05) is 18.4 Å². The van der Waals surface area contributed by atoms with Crippen molar-refractivity contribution in [3.8, 4) is 0 Å². The average Bonchev–Trinajstić information content (AvgIpc) is 2.34. The minimum atomic E-state index is 0.149. The molecule has 0 saturated heterocycles. The summed E-state index contributed by atoms with van der Waals surface area (Å²) in [6.07, 6.45) is 2.17. The average molecular weight is 298 g/mol. The maximum absolute atomic E-state index is 12.4. The lowest BCUT2D eigenvalue weighted by Gasteiger charge is -2.22. The lowest BCUT2D eigenvalue weighted by molar-refractivity contribution is 0.0763. The number of aryl methyl sites for hydroxylation is 1. The first-order valence-corrected chi connectivity index (χ1v) is 7.23. The van der Waals surface area contributed by atoms with Gasteiger partial charge in [0, 0.05) is 24.0 Å². The van der Waals surface area contributed by atoms with E-state index in [1.807, 2.05) is 36.1 Å². The number of carbonyl (C=O) groups is 1. The van der Waals surface area contributed by atoms with E-state index in [0.717, 1.165) is 42.4 Å². The Kier molecular flexibility index (Phi) is 6.27. The highest BCUT2D eigenvalue weighted by Crippen LogP contribution is 2.11. The molecule has 1 aromatic rings. The zero-order chi connectivity index (χ0) is 12.7. The van der Waals surface area contributed by atoms with Crippen LogP contribution in [0, 0.1) is 6.92 Å². The van der Waals surface area contributed by atoms with E-state index in [-0.39, 0.29) is 5.91 Å². The number of alkyl halides is 1. The number of halogens is 1. The predicted octanol–water partition coefficient (Wildman–Crippen LogP) is 3.63. The fourth-order valence-corrected chi connectivity index (χ4v) is 2.18. The van der Waals surface area contributed by atoms with Crippen LogP contribution in [0.3, 0.4) is 0 Å². The highest BCUT2D eigenvalue weighted by Gasteiger charge is 2.15. The van der Waals surface area contributed by atoms with Gasteiger partial charge in [0.1, 0.15) is 0 Å². The van der Waals surface area contributed by atoms with Crippen molar-refractivity contribution in [3.63, 3.8) is 0 Å². The Bertz CT molecular complexity index is 365. The molecule has 2 nitrogen and oxygen atoms in total. The molecule has 0 radical (unpaired) electrons. The van der Waals surface area contributed by atoms with Crippen LogP contribution in [0.25, 0.3) is 0 Å². The number of rotatable bonds is 6. The first kappa shape index (κ1) is 14.2. The number of amides is 1. The van der Waals surface area contributed by atoms with Gasteiger partial charge in [-0.1, -0.05) is 47.5 Å². The van der Waals surface area contributed by atoms with E-state index in [0.29, 0.717) is 0 Å². The van der Waals surface area contributed by atoms with Gasteiger partial charge in [-0.15, -0.1) is 0 Å². The summed E-state index contributed by atoms with van der Waals surface area (Å²) < 4.78 is 0. The number of nitrogens with zero attached hydrogens (tertiary/aromatic N) is 1. The first-order valence-electron chi connectivity index (χ1n) is 6.11. The van der Waals surface area contributed by atoms with Crippen molar-refractivity contribution in [1.82, 2.24) is 4.90 Å². The molecule has 17 heavy (non-hydrogen) atoms. The minimum absolute atomic E-state index is 0.149. The third-order valence-electron chi connectivity index (χ3n) is 2.80. The van der Waals surface area contributed by atoms with Crippen molar-refractivity contribution in [2.24, 2.45) is 0 Å². The van der Waals surface area contributed by atoms with E-state index in [1.165, 1.54) is 0 Å². The number of carbonyl (C=O) groups excluding carboxylic acids is 1. The second kappa shape index (κ2) is 7.49. The molecule has 1 amide bonds. The van der Waals surface area contributed by atoms with Crippen LogP contribution in [0.1, 0.15) is 35.7 Å². The van der Waals surface area contributed by atoms with E-state index < -0.39 is 0 Å². The molecule has 94 valence electrons. The Morgan fingerprint density at radius 1 is 1.29 bits per heavy atom. The van der Waals surface area contributed by atoms with Gasteiger partial charge in [0.25, 0.3) is 5.91 Å². The number of unbranched alkanes of at least 4 members (excludes halogenated alkanes) is 1. The summed E-state index contributed by atoms with van der Waals surface area (Å²) in [5, 5.41) is 0.828. The highest BCUT2D eigenvalue weighted by molar-refractivity contribution is 9.09. The molecule has 0 bridgehead atoms. The van der Waals surface area contributed by atoms with Crippen LogP contribution >= 0.6 is 15.9 Å². The van der Waals surface area contributed by atoms with E-state index in [1.54, 1.807) is 0 Å². The van der Waals surface area contributed by atoms with Crippen LogP contribution < -0.4 is 0 Å². The lowest BCUT2D eigenvalue weighted by atomic mass is 10.1. The lowest BCUT2D eigenvalue weighted by Crippen LogP contribution is -2.34. The molecule has 1 aromatic carbocycles. The molecule has 0 unspecified atom stereocenters. The normalized spacial score (nSPS) is 10.3. The van der Waals surface area contributed by atoms with E-state index in [9.17, 15) is 4.79 Å². The second-order valence-electron chi connectivity index (χ2n) is 4.15. The summed E-state index contributed by atoms with van der Waals surface area (Å²) in [5.41, 5.74) is 1.87. The topological polar surface area (TPSA) is 20.3 Å². The van der Waals surface area contributed by atoms with Crippen molar-refractivity contribution in [1.29, 1.82) is 0 Å². The summed E-state index contributed by atoms with van der Waals surface area (Å²) in [4.78, 5) is 14.3. The van der Waals surface area contributed by atoms with Crippen molar-refractivity contribution in [3.05, 3.63) is 35.4 Å². The number of benzene rings is 1. The van der Waals surface area contributed by atoms with Gasteiger partial charge in [-0.25, -0.2) is 0 Å². The second-order valence-corrected chi connectivity index (χ2v) is 4.94. The van der Waals surface area contributed by atoms with Gasteiger partial charge in [0.2, 0.25) is 0 Å². The van der Waals surface area contributed by atoms with Crippen molar-refractivity contribution in [2.45, 2.75) is 26.7 Å². The molecule has 1 rings (SSSR count). The van der Waals surface area contributed by atoms with Crippen LogP contribution in [-0.4, -0.2) is 29.2 Å². The maximum Gasteiger partial charge on any atom is 0.254 e. The van der Waals surface area contributed by atoms with Gasteiger partial charge in [0.15, 0.2) is 0 Å². The molecule has 0 spiro atoms. The van der Waals surface area contributed by atoms with Gasteiger partial charge in [-0.3, -0.25) is 4.79 Å². The predicted molar refractivity (Wildman–Crippen MR) is 75.8 cm³/mol.